The van der Waals surface area contributed by atoms with Crippen LogP contribution in [0.1, 0.15) is 27.2 Å². The highest BCUT2D eigenvalue weighted by Gasteiger charge is 2.22. The summed E-state index contributed by atoms with van der Waals surface area (Å²) in [5.41, 5.74) is 6.97. The SMILES string of the molecule is COC(=O)Nc1cc(-c2cnc(OCC(C)(N)CC(C)C)c(Cl)c2)ncn1. The van der Waals surface area contributed by atoms with Crippen LogP contribution in [0.25, 0.3) is 11.3 Å². The molecule has 0 spiro atoms. The Morgan fingerprint density at radius 3 is 2.70 bits per heavy atom. The van der Waals surface area contributed by atoms with E-state index in [4.69, 9.17) is 22.1 Å². The molecule has 2 heterocycles. The second-order valence-electron chi connectivity index (χ2n) is 6.96. The molecule has 2 rings (SSSR count). The van der Waals surface area contributed by atoms with Crippen LogP contribution in [-0.2, 0) is 4.74 Å². The summed E-state index contributed by atoms with van der Waals surface area (Å²) in [6.45, 7) is 6.45. The first kappa shape index (κ1) is 20.9. The summed E-state index contributed by atoms with van der Waals surface area (Å²) in [4.78, 5) is 23.7. The molecule has 2 aromatic rings. The Balaban J connectivity index is 2.12. The molecule has 1 atom stereocenters. The highest BCUT2D eigenvalue weighted by atomic mass is 35.5. The third-order valence-corrected chi connectivity index (χ3v) is 3.87. The monoisotopic (exact) mass is 393 g/mol. The van der Waals surface area contributed by atoms with Crippen molar-refractivity contribution in [3.63, 3.8) is 0 Å². The number of aromatic nitrogens is 3. The first-order valence-corrected chi connectivity index (χ1v) is 8.82. The van der Waals surface area contributed by atoms with Gasteiger partial charge in [-0.1, -0.05) is 25.4 Å². The maximum atomic E-state index is 11.3. The molecule has 0 aromatic carbocycles. The number of hydrogen-bond donors (Lipinski definition) is 2. The van der Waals surface area contributed by atoms with Gasteiger partial charge in [0, 0.05) is 23.4 Å². The molecule has 0 aliphatic rings. The number of pyridine rings is 1. The molecule has 0 saturated carbocycles. The van der Waals surface area contributed by atoms with Crippen molar-refractivity contribution in [2.24, 2.45) is 11.7 Å². The van der Waals surface area contributed by atoms with E-state index in [0.717, 1.165) is 6.42 Å². The van der Waals surface area contributed by atoms with Gasteiger partial charge in [0.25, 0.3) is 0 Å². The Kier molecular flexibility index (Phi) is 6.92. The first-order chi connectivity index (χ1) is 12.7. The Morgan fingerprint density at radius 1 is 1.33 bits per heavy atom. The van der Waals surface area contributed by atoms with Gasteiger partial charge in [0.05, 0.1) is 12.8 Å². The highest BCUT2D eigenvalue weighted by molar-refractivity contribution is 6.32. The molecule has 146 valence electrons. The molecule has 9 heteroatoms. The number of nitrogens with zero attached hydrogens (tertiary/aromatic N) is 3. The van der Waals surface area contributed by atoms with E-state index in [2.05, 4.69) is 38.9 Å². The normalized spacial score (nSPS) is 13.1. The summed E-state index contributed by atoms with van der Waals surface area (Å²) < 4.78 is 10.3. The molecule has 0 aliphatic heterocycles. The lowest BCUT2D eigenvalue weighted by atomic mass is 9.93. The molecular formula is C18H24ClN5O3. The molecule has 1 amide bonds. The van der Waals surface area contributed by atoms with Crippen LogP contribution in [0.4, 0.5) is 10.6 Å². The van der Waals surface area contributed by atoms with E-state index in [1.807, 2.05) is 6.92 Å². The number of carbonyl (C=O) groups is 1. The van der Waals surface area contributed by atoms with Crippen molar-refractivity contribution >= 4 is 23.5 Å². The molecule has 0 aliphatic carbocycles. The quantitative estimate of drug-likeness (QED) is 0.739. The molecule has 0 radical (unpaired) electrons. The minimum atomic E-state index is -0.620. The molecule has 0 fully saturated rings. The maximum Gasteiger partial charge on any atom is 0.412 e. The summed E-state index contributed by atoms with van der Waals surface area (Å²) in [6, 6.07) is 3.27. The van der Waals surface area contributed by atoms with Crippen LogP contribution in [0.5, 0.6) is 5.88 Å². The Morgan fingerprint density at radius 2 is 2.07 bits per heavy atom. The highest BCUT2D eigenvalue weighted by Crippen LogP contribution is 2.28. The second-order valence-corrected chi connectivity index (χ2v) is 7.36. The van der Waals surface area contributed by atoms with Gasteiger partial charge in [-0.05, 0) is 25.3 Å². The number of nitrogens with one attached hydrogen (secondary N) is 1. The Labute approximate surface area is 163 Å². The van der Waals surface area contributed by atoms with E-state index in [0.29, 0.717) is 40.5 Å². The lowest BCUT2D eigenvalue weighted by molar-refractivity contribution is 0.187. The molecular weight excluding hydrogens is 370 g/mol. The number of carbonyl (C=O) groups excluding carboxylic acids is 1. The molecule has 0 bridgehead atoms. The Bertz CT molecular complexity index is 798. The Hall–Kier alpha value is -2.45. The fourth-order valence-electron chi connectivity index (χ4n) is 2.64. The summed E-state index contributed by atoms with van der Waals surface area (Å²) in [7, 11) is 1.27. The van der Waals surface area contributed by atoms with Gasteiger partial charge in [0.15, 0.2) is 0 Å². The third-order valence-electron chi connectivity index (χ3n) is 3.60. The molecule has 2 aromatic heterocycles. The van der Waals surface area contributed by atoms with E-state index in [-0.39, 0.29) is 0 Å². The zero-order valence-electron chi connectivity index (χ0n) is 15.8. The molecule has 3 N–H and O–H groups in total. The van der Waals surface area contributed by atoms with E-state index in [9.17, 15) is 4.79 Å². The van der Waals surface area contributed by atoms with Gasteiger partial charge in [-0.3, -0.25) is 5.32 Å². The maximum absolute atomic E-state index is 11.3. The lowest BCUT2D eigenvalue weighted by Gasteiger charge is -2.26. The average molecular weight is 394 g/mol. The van der Waals surface area contributed by atoms with Gasteiger partial charge < -0.3 is 15.2 Å². The van der Waals surface area contributed by atoms with Gasteiger partial charge in [-0.15, -0.1) is 0 Å². The number of ether oxygens (including phenoxy) is 2. The number of amides is 1. The van der Waals surface area contributed by atoms with Crippen LogP contribution in [0.15, 0.2) is 24.7 Å². The van der Waals surface area contributed by atoms with E-state index in [1.54, 1.807) is 18.3 Å². The number of halogens is 1. The number of rotatable bonds is 7. The van der Waals surface area contributed by atoms with E-state index < -0.39 is 11.6 Å². The largest absolute Gasteiger partial charge is 0.475 e. The number of hydrogen-bond acceptors (Lipinski definition) is 7. The molecule has 1 unspecified atom stereocenters. The molecule has 8 nitrogen and oxygen atoms in total. The topological polar surface area (TPSA) is 112 Å². The summed E-state index contributed by atoms with van der Waals surface area (Å²) in [5.74, 6) is 1.07. The minimum absolute atomic E-state index is 0.302. The smallest absolute Gasteiger partial charge is 0.412 e. The van der Waals surface area contributed by atoms with Gasteiger partial charge in [-0.25, -0.2) is 19.7 Å². The summed E-state index contributed by atoms with van der Waals surface area (Å²) >= 11 is 6.30. The zero-order chi connectivity index (χ0) is 20.0. The molecule has 0 saturated heterocycles. The van der Waals surface area contributed by atoms with Crippen molar-refractivity contribution in [1.82, 2.24) is 15.0 Å². The third kappa shape index (κ3) is 6.33. The average Bonchev–Trinajstić information content (AvgIpc) is 2.59. The van der Waals surface area contributed by atoms with Gasteiger partial charge in [0.2, 0.25) is 5.88 Å². The fourth-order valence-corrected chi connectivity index (χ4v) is 2.86. The van der Waals surface area contributed by atoms with Crippen molar-refractivity contribution in [1.29, 1.82) is 0 Å². The van der Waals surface area contributed by atoms with Crippen molar-refractivity contribution in [3.05, 3.63) is 29.7 Å². The number of nitrogens with two attached hydrogens (primary N) is 1. The van der Waals surface area contributed by atoms with Gasteiger partial charge in [-0.2, -0.15) is 0 Å². The predicted molar refractivity (Wildman–Crippen MR) is 104 cm³/mol. The van der Waals surface area contributed by atoms with Crippen molar-refractivity contribution in [2.75, 3.05) is 19.0 Å². The van der Waals surface area contributed by atoms with E-state index in [1.165, 1.54) is 13.4 Å². The lowest BCUT2D eigenvalue weighted by Crippen LogP contribution is -2.43. The fraction of sp³-hybridized carbons (Fsp3) is 0.444. The van der Waals surface area contributed by atoms with Crippen LogP contribution < -0.4 is 15.8 Å². The first-order valence-electron chi connectivity index (χ1n) is 8.45. The van der Waals surface area contributed by atoms with Crippen molar-refractivity contribution < 1.29 is 14.3 Å². The minimum Gasteiger partial charge on any atom is -0.475 e. The van der Waals surface area contributed by atoms with Gasteiger partial charge in [0.1, 0.15) is 23.8 Å². The summed E-state index contributed by atoms with van der Waals surface area (Å²) in [5, 5.41) is 2.82. The van der Waals surface area contributed by atoms with Crippen LogP contribution in [-0.4, -0.2) is 40.3 Å². The standard InChI is InChI=1S/C18H24ClN5O3/c1-11(2)7-18(3,20)9-27-16-13(19)5-12(8-21-16)14-6-15(23-10-22-14)24-17(25)26-4/h5-6,8,10-11H,7,9,20H2,1-4H3,(H,22,23,24,25). The number of methoxy groups -OCH3 is 1. The van der Waals surface area contributed by atoms with Gasteiger partial charge >= 0.3 is 6.09 Å². The summed E-state index contributed by atoms with van der Waals surface area (Å²) in [6.07, 6.45) is 3.11. The van der Waals surface area contributed by atoms with Crippen LogP contribution >= 0.6 is 11.6 Å². The second kappa shape index (κ2) is 8.96. The van der Waals surface area contributed by atoms with Crippen LogP contribution in [0, 0.1) is 5.92 Å². The molecule has 27 heavy (non-hydrogen) atoms. The zero-order valence-corrected chi connectivity index (χ0v) is 16.6. The van der Waals surface area contributed by atoms with Crippen molar-refractivity contribution in [2.45, 2.75) is 32.7 Å². The predicted octanol–water partition coefficient (Wildman–Crippen LogP) is 3.51. The van der Waals surface area contributed by atoms with E-state index >= 15 is 0 Å². The van der Waals surface area contributed by atoms with Crippen LogP contribution in [0.2, 0.25) is 5.02 Å². The van der Waals surface area contributed by atoms with Crippen molar-refractivity contribution in [3.8, 4) is 17.1 Å². The number of anilines is 1. The van der Waals surface area contributed by atoms with Crippen LogP contribution in [0.3, 0.4) is 0 Å².